The number of anilines is 2. The first kappa shape index (κ1) is 19.7. The van der Waals surface area contributed by atoms with E-state index >= 15 is 0 Å². The summed E-state index contributed by atoms with van der Waals surface area (Å²) in [5.74, 6) is 3.03. The average Bonchev–Trinajstić information content (AvgIpc) is 3.56. The Labute approximate surface area is 182 Å². The lowest BCUT2D eigenvalue weighted by molar-refractivity contribution is -0.133. The summed E-state index contributed by atoms with van der Waals surface area (Å²) in [7, 11) is 0. The molecule has 3 aromatic rings. The molecule has 0 spiro atoms. The van der Waals surface area contributed by atoms with E-state index in [0.717, 1.165) is 60.9 Å². The molecule has 2 aromatic heterocycles. The van der Waals surface area contributed by atoms with E-state index in [1.54, 1.807) is 12.4 Å². The lowest BCUT2D eigenvalue weighted by Crippen LogP contribution is -2.39. The van der Waals surface area contributed by atoms with Crippen LogP contribution in [0, 0.1) is 11.8 Å². The van der Waals surface area contributed by atoms with Gasteiger partial charge in [0.05, 0.1) is 5.69 Å². The van der Waals surface area contributed by atoms with Crippen LogP contribution in [0.3, 0.4) is 0 Å². The lowest BCUT2D eigenvalue weighted by Gasteiger charge is -2.31. The Balaban J connectivity index is 1.38. The van der Waals surface area contributed by atoms with Crippen LogP contribution in [-0.2, 0) is 4.79 Å². The lowest BCUT2D eigenvalue weighted by atomic mass is 9.95. The third-order valence-corrected chi connectivity index (χ3v) is 6.36. The number of piperidine rings is 1. The average molecular weight is 414 g/mol. The number of hydrogen-bond acceptors (Lipinski definition) is 5. The highest BCUT2D eigenvalue weighted by Gasteiger charge is 2.42. The summed E-state index contributed by atoms with van der Waals surface area (Å²) >= 11 is 0. The van der Waals surface area contributed by atoms with Crippen molar-refractivity contribution in [2.24, 2.45) is 11.8 Å². The smallest absolute Gasteiger partial charge is 0.225 e. The molecule has 3 heterocycles. The van der Waals surface area contributed by atoms with Gasteiger partial charge in [0.25, 0.3) is 0 Å². The zero-order chi connectivity index (χ0) is 21.2. The summed E-state index contributed by atoms with van der Waals surface area (Å²) in [6.45, 7) is 3.74. The minimum absolute atomic E-state index is 0.249. The number of benzene rings is 1. The number of aromatic nitrogens is 3. The molecule has 0 radical (unpaired) electrons. The van der Waals surface area contributed by atoms with Gasteiger partial charge >= 0.3 is 0 Å². The topological polar surface area (TPSA) is 71.0 Å². The van der Waals surface area contributed by atoms with Gasteiger partial charge in [0, 0.05) is 54.6 Å². The number of nitrogens with zero attached hydrogens (tertiary/aromatic N) is 4. The molecule has 6 nitrogen and oxygen atoms in total. The van der Waals surface area contributed by atoms with Crippen LogP contribution in [0.1, 0.15) is 37.9 Å². The van der Waals surface area contributed by atoms with Crippen molar-refractivity contribution < 1.29 is 4.79 Å². The van der Waals surface area contributed by atoms with E-state index in [-0.39, 0.29) is 11.8 Å². The normalized spacial score (nSPS) is 21.0. The van der Waals surface area contributed by atoms with Gasteiger partial charge in [-0.3, -0.25) is 9.78 Å². The van der Waals surface area contributed by atoms with Crippen molar-refractivity contribution in [3.05, 3.63) is 66.7 Å². The quantitative estimate of drug-likeness (QED) is 0.660. The van der Waals surface area contributed by atoms with Crippen LogP contribution in [0.25, 0.3) is 11.3 Å². The number of amides is 1. The summed E-state index contributed by atoms with van der Waals surface area (Å²) < 4.78 is 0. The first-order valence-corrected chi connectivity index (χ1v) is 11.1. The molecular formula is C25H27N5O. The van der Waals surface area contributed by atoms with E-state index in [9.17, 15) is 4.79 Å². The summed E-state index contributed by atoms with van der Waals surface area (Å²) in [5, 5.41) is 3.42. The number of carbonyl (C=O) groups is 1. The van der Waals surface area contributed by atoms with Crippen molar-refractivity contribution in [3.63, 3.8) is 0 Å². The fourth-order valence-corrected chi connectivity index (χ4v) is 4.31. The molecule has 0 bridgehead atoms. The van der Waals surface area contributed by atoms with Gasteiger partial charge in [0.2, 0.25) is 5.91 Å². The second-order valence-corrected chi connectivity index (χ2v) is 8.64. The summed E-state index contributed by atoms with van der Waals surface area (Å²) in [6.07, 6.45) is 6.41. The van der Waals surface area contributed by atoms with Crippen LogP contribution in [0.2, 0.25) is 0 Å². The number of pyridine rings is 1. The maximum atomic E-state index is 12.6. The molecule has 2 aliphatic rings. The minimum Gasteiger partial charge on any atom is -0.342 e. The van der Waals surface area contributed by atoms with E-state index in [4.69, 9.17) is 9.97 Å². The van der Waals surface area contributed by atoms with E-state index < -0.39 is 0 Å². The van der Waals surface area contributed by atoms with Crippen LogP contribution in [-0.4, -0.2) is 38.8 Å². The largest absolute Gasteiger partial charge is 0.342 e. The SMILES string of the molecule is C[C@H]1C[C@@H]1C(=O)N1CCC(c2nc(Nc3ccccc3)cc(-c3ccncc3)n2)CC1. The van der Waals surface area contributed by atoms with E-state index in [1.807, 2.05) is 53.4 Å². The third kappa shape index (κ3) is 4.43. The van der Waals surface area contributed by atoms with Gasteiger partial charge in [-0.25, -0.2) is 9.97 Å². The van der Waals surface area contributed by atoms with E-state index in [1.165, 1.54) is 0 Å². The Bertz CT molecular complexity index is 1050. The van der Waals surface area contributed by atoms with Crippen LogP contribution >= 0.6 is 0 Å². The predicted octanol–water partition coefficient (Wildman–Crippen LogP) is 4.64. The number of para-hydroxylation sites is 1. The first-order valence-electron chi connectivity index (χ1n) is 11.1. The van der Waals surface area contributed by atoms with Crippen molar-refractivity contribution >= 4 is 17.4 Å². The van der Waals surface area contributed by atoms with Crippen molar-refractivity contribution in [1.29, 1.82) is 0 Å². The van der Waals surface area contributed by atoms with Crippen LogP contribution in [0.15, 0.2) is 60.9 Å². The van der Waals surface area contributed by atoms with Crippen molar-refractivity contribution in [1.82, 2.24) is 19.9 Å². The zero-order valence-corrected chi connectivity index (χ0v) is 17.7. The number of rotatable bonds is 5. The molecule has 1 saturated carbocycles. The molecule has 31 heavy (non-hydrogen) atoms. The Morgan fingerprint density at radius 1 is 1.03 bits per heavy atom. The molecule has 1 N–H and O–H groups in total. The Hall–Kier alpha value is -3.28. The monoisotopic (exact) mass is 413 g/mol. The molecule has 0 unspecified atom stereocenters. The van der Waals surface area contributed by atoms with Gasteiger partial charge in [-0.15, -0.1) is 0 Å². The Kier molecular flexibility index (Phi) is 5.37. The zero-order valence-electron chi connectivity index (χ0n) is 17.7. The Morgan fingerprint density at radius 2 is 1.74 bits per heavy atom. The number of hydrogen-bond donors (Lipinski definition) is 1. The van der Waals surface area contributed by atoms with Gasteiger partial charge in [-0.1, -0.05) is 25.1 Å². The van der Waals surface area contributed by atoms with Crippen LogP contribution in [0.4, 0.5) is 11.5 Å². The molecule has 1 aromatic carbocycles. The Morgan fingerprint density at radius 3 is 2.42 bits per heavy atom. The van der Waals surface area contributed by atoms with Crippen molar-refractivity contribution in [2.75, 3.05) is 18.4 Å². The van der Waals surface area contributed by atoms with E-state index in [0.29, 0.717) is 11.8 Å². The van der Waals surface area contributed by atoms with Crippen molar-refractivity contribution in [2.45, 2.75) is 32.1 Å². The van der Waals surface area contributed by atoms with Crippen LogP contribution in [0.5, 0.6) is 0 Å². The molecule has 1 aliphatic heterocycles. The molecular weight excluding hydrogens is 386 g/mol. The number of likely N-dealkylation sites (tertiary alicyclic amines) is 1. The molecule has 1 saturated heterocycles. The van der Waals surface area contributed by atoms with Gasteiger partial charge in [-0.05, 0) is 49.4 Å². The van der Waals surface area contributed by atoms with Gasteiger partial charge in [0.15, 0.2) is 0 Å². The maximum absolute atomic E-state index is 12.6. The summed E-state index contributed by atoms with van der Waals surface area (Å²) in [6, 6.07) is 16.0. The minimum atomic E-state index is 0.249. The summed E-state index contributed by atoms with van der Waals surface area (Å²) in [4.78, 5) is 28.5. The van der Waals surface area contributed by atoms with Gasteiger partial charge < -0.3 is 10.2 Å². The fourth-order valence-electron chi connectivity index (χ4n) is 4.31. The first-order chi connectivity index (χ1) is 15.2. The highest BCUT2D eigenvalue weighted by molar-refractivity contribution is 5.81. The third-order valence-electron chi connectivity index (χ3n) is 6.36. The highest BCUT2D eigenvalue weighted by Crippen LogP contribution is 2.40. The summed E-state index contributed by atoms with van der Waals surface area (Å²) in [5.41, 5.74) is 2.90. The van der Waals surface area contributed by atoms with Gasteiger partial charge in [-0.2, -0.15) is 0 Å². The molecule has 5 rings (SSSR count). The van der Waals surface area contributed by atoms with E-state index in [2.05, 4.69) is 17.2 Å². The van der Waals surface area contributed by atoms with Crippen molar-refractivity contribution in [3.8, 4) is 11.3 Å². The maximum Gasteiger partial charge on any atom is 0.225 e. The fraction of sp³-hybridized carbons (Fsp3) is 0.360. The second kappa shape index (κ2) is 8.46. The predicted molar refractivity (Wildman–Crippen MR) is 121 cm³/mol. The molecule has 158 valence electrons. The second-order valence-electron chi connectivity index (χ2n) is 8.64. The molecule has 1 aliphatic carbocycles. The number of carbonyl (C=O) groups excluding carboxylic acids is 1. The molecule has 1 amide bonds. The highest BCUT2D eigenvalue weighted by atomic mass is 16.2. The van der Waals surface area contributed by atoms with Crippen LogP contribution < -0.4 is 5.32 Å². The molecule has 2 fully saturated rings. The number of nitrogens with one attached hydrogen (secondary N) is 1. The van der Waals surface area contributed by atoms with Gasteiger partial charge in [0.1, 0.15) is 11.6 Å². The molecule has 6 heteroatoms. The standard InChI is InChI=1S/C25H27N5O/c1-17-15-21(17)25(31)30-13-9-19(10-14-30)24-28-22(18-7-11-26-12-8-18)16-23(29-24)27-20-5-3-2-4-6-20/h2-8,11-12,16-17,19,21H,9-10,13-15H2,1H3,(H,27,28,29)/t17-,21-/m0/s1. The molecule has 2 atom stereocenters.